The van der Waals surface area contributed by atoms with E-state index in [-0.39, 0.29) is 48.2 Å². The van der Waals surface area contributed by atoms with Gasteiger partial charge in [0.15, 0.2) is 15.6 Å². The highest BCUT2D eigenvalue weighted by molar-refractivity contribution is 7.91. The van der Waals surface area contributed by atoms with Crippen LogP contribution in [0, 0.1) is 0 Å². The Bertz CT molecular complexity index is 810. The van der Waals surface area contributed by atoms with Crippen LogP contribution >= 0.6 is 0 Å². The average Bonchev–Trinajstić information content (AvgIpc) is 3.22. The van der Waals surface area contributed by atoms with Crippen molar-refractivity contribution < 1.29 is 22.5 Å². The smallest absolute Gasteiger partial charge is 0.320 e. The number of rotatable bonds is 3. The van der Waals surface area contributed by atoms with Crippen LogP contribution < -0.4 is 0 Å². The van der Waals surface area contributed by atoms with Crippen LogP contribution in [-0.4, -0.2) is 72.4 Å². The second-order valence-corrected chi connectivity index (χ2v) is 10.7. The predicted molar refractivity (Wildman–Crippen MR) is 99.3 cm³/mol. The molecule has 1 atom stereocenters. The Balaban J connectivity index is 1.64. The molecule has 2 aliphatic rings. The number of hydrogen-bond donors (Lipinski definition) is 0. The summed E-state index contributed by atoms with van der Waals surface area (Å²) < 4.78 is 28.5. The van der Waals surface area contributed by atoms with Crippen molar-refractivity contribution in [2.75, 3.05) is 31.1 Å². The van der Waals surface area contributed by atoms with Crippen LogP contribution in [0.3, 0.4) is 0 Å². The van der Waals surface area contributed by atoms with Crippen molar-refractivity contribution in [3.63, 3.8) is 0 Å². The highest BCUT2D eigenvalue weighted by atomic mass is 32.2. The lowest BCUT2D eigenvalue weighted by Gasteiger charge is -2.33. The summed E-state index contributed by atoms with van der Waals surface area (Å²) in [6.07, 6.45) is 1.52. The summed E-state index contributed by atoms with van der Waals surface area (Å²) in [5, 5.41) is 3.99. The summed E-state index contributed by atoms with van der Waals surface area (Å²) in [4.78, 5) is 28.7. The summed E-state index contributed by atoms with van der Waals surface area (Å²) in [6.45, 7) is 6.93. The number of sulfone groups is 1. The van der Waals surface area contributed by atoms with E-state index in [0.717, 1.165) is 12.2 Å². The fraction of sp³-hybridized carbons (Fsp3) is 0.722. The molecule has 2 aliphatic heterocycles. The monoisotopic (exact) mass is 397 g/mol. The molecule has 0 saturated carbocycles. The molecule has 2 saturated heterocycles. The summed E-state index contributed by atoms with van der Waals surface area (Å²) in [7, 11) is -3.05. The SMILES string of the molecule is CC(C)(C)c1cc(CC(=O)[C@@H]2CCCN2C(=O)N2CCS(=O)(=O)CC2)no1. The van der Waals surface area contributed by atoms with Crippen molar-refractivity contribution in [3.8, 4) is 0 Å². The van der Waals surface area contributed by atoms with Crippen molar-refractivity contribution in [3.05, 3.63) is 17.5 Å². The van der Waals surface area contributed by atoms with E-state index in [1.165, 1.54) is 0 Å². The van der Waals surface area contributed by atoms with E-state index in [0.29, 0.717) is 18.7 Å². The van der Waals surface area contributed by atoms with E-state index >= 15 is 0 Å². The minimum atomic E-state index is -3.05. The van der Waals surface area contributed by atoms with Crippen LogP contribution in [-0.2, 0) is 26.5 Å². The molecule has 0 radical (unpaired) electrons. The number of amides is 2. The molecule has 27 heavy (non-hydrogen) atoms. The molecule has 8 nitrogen and oxygen atoms in total. The van der Waals surface area contributed by atoms with Crippen LogP contribution in [0.25, 0.3) is 0 Å². The lowest BCUT2D eigenvalue weighted by molar-refractivity contribution is -0.122. The van der Waals surface area contributed by atoms with Gasteiger partial charge in [0.25, 0.3) is 0 Å². The number of carbonyl (C=O) groups is 2. The summed E-state index contributed by atoms with van der Waals surface area (Å²) in [5.41, 5.74) is 0.395. The van der Waals surface area contributed by atoms with E-state index in [1.807, 2.05) is 20.8 Å². The van der Waals surface area contributed by atoms with Gasteiger partial charge in [-0.2, -0.15) is 0 Å². The Morgan fingerprint density at radius 3 is 2.48 bits per heavy atom. The summed E-state index contributed by atoms with van der Waals surface area (Å²) >= 11 is 0. The highest BCUT2D eigenvalue weighted by Crippen LogP contribution is 2.25. The molecular formula is C18H27N3O5S. The van der Waals surface area contributed by atoms with Gasteiger partial charge in [0, 0.05) is 31.1 Å². The Morgan fingerprint density at radius 1 is 1.22 bits per heavy atom. The minimum absolute atomic E-state index is 0.0142. The number of nitrogens with zero attached hydrogens (tertiary/aromatic N) is 3. The first-order valence-electron chi connectivity index (χ1n) is 9.31. The number of urea groups is 1. The number of aromatic nitrogens is 1. The molecule has 0 bridgehead atoms. The molecule has 0 spiro atoms. The third kappa shape index (κ3) is 4.51. The van der Waals surface area contributed by atoms with Gasteiger partial charge in [0.05, 0.1) is 29.7 Å². The largest absolute Gasteiger partial charge is 0.361 e. The van der Waals surface area contributed by atoms with Crippen molar-refractivity contribution >= 4 is 21.7 Å². The fourth-order valence-electron chi connectivity index (χ4n) is 3.46. The standard InChI is InChI=1S/C18H27N3O5S/c1-18(2,3)16-12-13(19-26-16)11-15(22)14-5-4-6-21(14)17(23)20-7-9-27(24,25)10-8-20/h12,14H,4-11H2,1-3H3/t14-/m0/s1. The normalized spacial score (nSPS) is 22.9. The Morgan fingerprint density at radius 2 is 1.89 bits per heavy atom. The van der Waals surface area contributed by atoms with Gasteiger partial charge in [0.2, 0.25) is 0 Å². The zero-order valence-corrected chi connectivity index (χ0v) is 16.9. The number of ketones is 1. The number of hydrogen-bond acceptors (Lipinski definition) is 6. The van der Waals surface area contributed by atoms with Crippen molar-refractivity contribution in [2.24, 2.45) is 0 Å². The third-order valence-electron chi connectivity index (χ3n) is 5.14. The number of Topliss-reactive ketones (excluding diaryl/α,β-unsaturated/α-hetero) is 1. The molecule has 0 N–H and O–H groups in total. The maximum Gasteiger partial charge on any atom is 0.320 e. The van der Waals surface area contributed by atoms with Crippen LogP contribution in [0.15, 0.2) is 10.6 Å². The second kappa shape index (κ2) is 7.26. The minimum Gasteiger partial charge on any atom is -0.361 e. The topological polar surface area (TPSA) is 101 Å². The van der Waals surface area contributed by atoms with Gasteiger partial charge >= 0.3 is 6.03 Å². The fourth-order valence-corrected chi connectivity index (χ4v) is 4.66. The van der Waals surface area contributed by atoms with Gasteiger partial charge in [-0.25, -0.2) is 13.2 Å². The van der Waals surface area contributed by atoms with Gasteiger partial charge in [0.1, 0.15) is 5.76 Å². The molecular weight excluding hydrogens is 370 g/mol. The van der Waals surface area contributed by atoms with Crippen molar-refractivity contribution in [1.82, 2.24) is 15.0 Å². The van der Waals surface area contributed by atoms with Gasteiger partial charge < -0.3 is 14.3 Å². The molecule has 3 rings (SSSR count). The van der Waals surface area contributed by atoms with Crippen LogP contribution in [0.1, 0.15) is 45.1 Å². The van der Waals surface area contributed by atoms with Crippen LogP contribution in [0.5, 0.6) is 0 Å². The Labute approximate surface area is 159 Å². The zero-order chi connectivity index (χ0) is 19.8. The number of carbonyl (C=O) groups excluding carboxylic acids is 2. The number of likely N-dealkylation sites (tertiary alicyclic amines) is 1. The van der Waals surface area contributed by atoms with E-state index in [2.05, 4.69) is 5.16 Å². The molecule has 0 unspecified atom stereocenters. The molecule has 2 fully saturated rings. The van der Waals surface area contributed by atoms with Crippen molar-refractivity contribution in [2.45, 2.75) is 51.5 Å². The highest BCUT2D eigenvalue weighted by Gasteiger charge is 2.37. The van der Waals surface area contributed by atoms with E-state index in [9.17, 15) is 18.0 Å². The first-order chi connectivity index (χ1) is 12.6. The Hall–Kier alpha value is -1.90. The van der Waals surface area contributed by atoms with Gasteiger partial charge in [-0.05, 0) is 12.8 Å². The van der Waals surface area contributed by atoms with Gasteiger partial charge in [-0.15, -0.1) is 0 Å². The van der Waals surface area contributed by atoms with Crippen LogP contribution in [0.2, 0.25) is 0 Å². The lowest BCUT2D eigenvalue weighted by atomic mass is 9.93. The van der Waals surface area contributed by atoms with Gasteiger partial charge in [-0.3, -0.25) is 4.79 Å². The molecule has 3 heterocycles. The predicted octanol–water partition coefficient (Wildman–Crippen LogP) is 1.40. The third-order valence-corrected chi connectivity index (χ3v) is 6.75. The maximum atomic E-state index is 12.8. The van der Waals surface area contributed by atoms with Crippen molar-refractivity contribution in [1.29, 1.82) is 0 Å². The molecule has 0 aliphatic carbocycles. The summed E-state index contributed by atoms with van der Waals surface area (Å²) in [6, 6.07) is 1.08. The molecule has 2 amide bonds. The summed E-state index contributed by atoms with van der Waals surface area (Å²) in [5.74, 6) is 0.637. The second-order valence-electron chi connectivity index (χ2n) is 8.35. The molecule has 0 aromatic carbocycles. The quantitative estimate of drug-likeness (QED) is 0.764. The zero-order valence-electron chi connectivity index (χ0n) is 16.1. The molecule has 150 valence electrons. The van der Waals surface area contributed by atoms with E-state index < -0.39 is 15.9 Å². The van der Waals surface area contributed by atoms with E-state index in [4.69, 9.17) is 4.52 Å². The maximum absolute atomic E-state index is 12.8. The van der Waals surface area contributed by atoms with E-state index in [1.54, 1.807) is 15.9 Å². The first kappa shape index (κ1) is 19.9. The lowest BCUT2D eigenvalue weighted by Crippen LogP contribution is -2.52. The molecule has 9 heteroatoms. The molecule has 1 aromatic rings. The molecule has 1 aromatic heterocycles. The van der Waals surface area contributed by atoms with Gasteiger partial charge in [-0.1, -0.05) is 25.9 Å². The van der Waals surface area contributed by atoms with Crippen LogP contribution in [0.4, 0.5) is 4.79 Å². The average molecular weight is 397 g/mol. The first-order valence-corrected chi connectivity index (χ1v) is 11.1. The Kier molecular flexibility index (Phi) is 5.33.